The van der Waals surface area contributed by atoms with Gasteiger partial charge in [0, 0.05) is 36.6 Å². The van der Waals surface area contributed by atoms with Crippen molar-refractivity contribution in [3.05, 3.63) is 34.3 Å². The van der Waals surface area contributed by atoms with Gasteiger partial charge in [0.2, 0.25) is 12.7 Å². The Bertz CT molecular complexity index is 883. The molecule has 2 aliphatic rings. The molecule has 2 aliphatic heterocycles. The van der Waals surface area contributed by atoms with Crippen LogP contribution in [0.3, 0.4) is 0 Å². The third kappa shape index (κ3) is 4.19. The third-order valence-corrected chi connectivity index (χ3v) is 6.36. The second-order valence-corrected chi connectivity index (χ2v) is 8.42. The van der Waals surface area contributed by atoms with E-state index in [0.717, 1.165) is 39.8 Å². The highest BCUT2D eigenvalue weighted by molar-refractivity contribution is 8.13. The topological polar surface area (TPSA) is 80.8 Å². The minimum absolute atomic E-state index is 0.0545. The Labute approximate surface area is 165 Å². The van der Waals surface area contributed by atoms with Crippen molar-refractivity contribution >= 4 is 39.4 Å². The number of thioether (sulfide) groups is 1. The molecule has 1 fully saturated rings. The van der Waals surface area contributed by atoms with Gasteiger partial charge in [0.1, 0.15) is 0 Å². The predicted molar refractivity (Wildman–Crippen MR) is 105 cm³/mol. The molecule has 0 unspecified atom stereocenters. The number of anilines is 1. The van der Waals surface area contributed by atoms with Crippen molar-refractivity contribution in [3.8, 4) is 11.5 Å². The lowest BCUT2D eigenvalue weighted by molar-refractivity contribution is -0.116. The van der Waals surface area contributed by atoms with Gasteiger partial charge in [-0.2, -0.15) is 0 Å². The summed E-state index contributed by atoms with van der Waals surface area (Å²) in [6, 6.07) is 5.90. The number of carbonyl (C=O) groups excluding carboxylic acids is 2. The first-order valence-corrected chi connectivity index (χ1v) is 10.4. The minimum Gasteiger partial charge on any atom is -0.454 e. The maximum atomic E-state index is 12.2. The first-order valence-electron chi connectivity index (χ1n) is 8.65. The van der Waals surface area contributed by atoms with E-state index >= 15 is 0 Å². The van der Waals surface area contributed by atoms with Crippen LogP contribution in [0.15, 0.2) is 18.2 Å². The van der Waals surface area contributed by atoms with Crippen molar-refractivity contribution in [2.24, 2.45) is 0 Å². The van der Waals surface area contributed by atoms with E-state index in [1.165, 1.54) is 23.1 Å². The lowest BCUT2D eigenvalue weighted by atomic mass is 10.1. The molecule has 142 valence electrons. The number of hydrogen-bond acceptors (Lipinski definition) is 7. The summed E-state index contributed by atoms with van der Waals surface area (Å²) >= 11 is 2.78. The highest BCUT2D eigenvalue weighted by Crippen LogP contribution is 2.34. The number of amides is 2. The summed E-state index contributed by atoms with van der Waals surface area (Å²) in [5.41, 5.74) is 2.01. The summed E-state index contributed by atoms with van der Waals surface area (Å²) in [5, 5.41) is 3.50. The summed E-state index contributed by atoms with van der Waals surface area (Å²) in [7, 11) is 0. The molecule has 0 bridgehead atoms. The lowest BCUT2D eigenvalue weighted by Crippen LogP contribution is -2.27. The minimum atomic E-state index is -0.122. The monoisotopic (exact) mass is 405 g/mol. The number of aryl methyl sites for hydroxylation is 1. The number of nitrogens with zero attached hydrogens (tertiary/aromatic N) is 2. The van der Waals surface area contributed by atoms with Crippen LogP contribution in [0.2, 0.25) is 0 Å². The molecular weight excluding hydrogens is 386 g/mol. The predicted octanol–water partition coefficient (Wildman–Crippen LogP) is 3.27. The van der Waals surface area contributed by atoms with E-state index < -0.39 is 0 Å². The van der Waals surface area contributed by atoms with Gasteiger partial charge in [-0.3, -0.25) is 9.59 Å². The molecule has 0 saturated carbocycles. The fourth-order valence-electron chi connectivity index (χ4n) is 2.93. The van der Waals surface area contributed by atoms with E-state index in [1.54, 1.807) is 4.90 Å². The quantitative estimate of drug-likeness (QED) is 0.794. The lowest BCUT2D eigenvalue weighted by Gasteiger charge is -2.13. The van der Waals surface area contributed by atoms with E-state index in [1.807, 2.05) is 25.1 Å². The zero-order valence-corrected chi connectivity index (χ0v) is 16.5. The molecule has 0 aliphatic carbocycles. The summed E-state index contributed by atoms with van der Waals surface area (Å²) in [4.78, 5) is 31.0. The Morgan fingerprint density at radius 1 is 1.33 bits per heavy atom. The molecule has 3 heterocycles. The van der Waals surface area contributed by atoms with Crippen LogP contribution in [-0.4, -0.2) is 46.7 Å². The molecule has 1 aromatic carbocycles. The van der Waals surface area contributed by atoms with Crippen LogP contribution in [0.1, 0.15) is 22.6 Å². The molecule has 9 heteroatoms. The summed E-state index contributed by atoms with van der Waals surface area (Å²) in [6.45, 7) is 3.36. The van der Waals surface area contributed by atoms with Gasteiger partial charge in [-0.1, -0.05) is 17.8 Å². The van der Waals surface area contributed by atoms with Crippen LogP contribution in [0.4, 0.5) is 9.93 Å². The number of rotatable bonds is 6. The standard InChI is InChI=1S/C18H19N3O4S2/c1-11-15(9-12-2-3-13-14(8-12)25-10-24-13)27-17(19-11)20-16(22)4-5-21-6-7-26-18(21)23/h2-3,8H,4-7,9-10H2,1H3,(H,19,20,22). The van der Waals surface area contributed by atoms with E-state index in [0.29, 0.717) is 18.2 Å². The SMILES string of the molecule is Cc1nc(NC(=O)CCN2CCSC2=O)sc1Cc1ccc2c(c1)OCO2. The maximum Gasteiger partial charge on any atom is 0.281 e. The van der Waals surface area contributed by atoms with Crippen LogP contribution in [0, 0.1) is 6.92 Å². The van der Waals surface area contributed by atoms with E-state index in [-0.39, 0.29) is 24.4 Å². The average molecular weight is 406 g/mol. The Balaban J connectivity index is 1.35. The first kappa shape index (κ1) is 18.1. The van der Waals surface area contributed by atoms with Gasteiger partial charge < -0.3 is 19.7 Å². The third-order valence-electron chi connectivity index (χ3n) is 4.39. The van der Waals surface area contributed by atoms with Crippen molar-refractivity contribution in [2.45, 2.75) is 19.8 Å². The number of fused-ring (bicyclic) bond motifs is 1. The molecular formula is C18H19N3O4S2. The Morgan fingerprint density at radius 3 is 3.00 bits per heavy atom. The van der Waals surface area contributed by atoms with Gasteiger partial charge in [0.25, 0.3) is 5.24 Å². The molecule has 1 aromatic heterocycles. The van der Waals surface area contributed by atoms with Crippen molar-refractivity contribution in [1.29, 1.82) is 0 Å². The molecule has 0 atom stereocenters. The molecule has 7 nitrogen and oxygen atoms in total. The Hall–Kier alpha value is -2.26. The van der Waals surface area contributed by atoms with Crippen molar-refractivity contribution in [2.75, 3.05) is 31.0 Å². The second kappa shape index (κ2) is 7.77. The van der Waals surface area contributed by atoms with Gasteiger partial charge in [0.15, 0.2) is 16.6 Å². The van der Waals surface area contributed by atoms with E-state index in [2.05, 4.69) is 10.3 Å². The number of benzene rings is 1. The first-order chi connectivity index (χ1) is 13.1. The second-order valence-electron chi connectivity index (χ2n) is 6.29. The number of ether oxygens (including phenoxy) is 2. The molecule has 1 N–H and O–H groups in total. The Kier molecular flexibility index (Phi) is 5.22. The number of aromatic nitrogens is 1. The smallest absolute Gasteiger partial charge is 0.281 e. The maximum absolute atomic E-state index is 12.2. The van der Waals surface area contributed by atoms with Gasteiger partial charge in [-0.15, -0.1) is 11.3 Å². The summed E-state index contributed by atoms with van der Waals surface area (Å²) in [5.74, 6) is 2.21. The van der Waals surface area contributed by atoms with Gasteiger partial charge in [0.05, 0.1) is 5.69 Å². The normalized spacial score (nSPS) is 15.4. The average Bonchev–Trinajstić information content (AvgIpc) is 3.34. The Morgan fingerprint density at radius 2 is 2.19 bits per heavy atom. The van der Waals surface area contributed by atoms with Crippen molar-refractivity contribution in [3.63, 3.8) is 0 Å². The zero-order chi connectivity index (χ0) is 18.8. The molecule has 2 amide bonds. The van der Waals surface area contributed by atoms with Crippen molar-refractivity contribution in [1.82, 2.24) is 9.88 Å². The molecule has 2 aromatic rings. The number of hydrogen-bond donors (Lipinski definition) is 1. The summed E-state index contributed by atoms with van der Waals surface area (Å²) in [6.07, 6.45) is 0.998. The van der Waals surface area contributed by atoms with Crippen LogP contribution < -0.4 is 14.8 Å². The summed E-state index contributed by atoms with van der Waals surface area (Å²) < 4.78 is 10.8. The van der Waals surface area contributed by atoms with Crippen LogP contribution in [-0.2, 0) is 11.2 Å². The zero-order valence-electron chi connectivity index (χ0n) is 14.8. The fourth-order valence-corrected chi connectivity index (χ4v) is 4.79. The van der Waals surface area contributed by atoms with Crippen LogP contribution >= 0.6 is 23.1 Å². The van der Waals surface area contributed by atoms with Gasteiger partial charge in [-0.25, -0.2) is 4.98 Å². The molecule has 4 rings (SSSR count). The number of carbonyl (C=O) groups is 2. The molecule has 27 heavy (non-hydrogen) atoms. The van der Waals surface area contributed by atoms with Crippen molar-refractivity contribution < 1.29 is 19.1 Å². The largest absolute Gasteiger partial charge is 0.454 e. The van der Waals surface area contributed by atoms with E-state index in [4.69, 9.17) is 9.47 Å². The van der Waals surface area contributed by atoms with E-state index in [9.17, 15) is 9.59 Å². The number of thiazole rings is 1. The fraction of sp³-hybridized carbons (Fsp3) is 0.389. The number of nitrogens with one attached hydrogen (secondary N) is 1. The highest BCUT2D eigenvalue weighted by atomic mass is 32.2. The van der Waals surface area contributed by atoms with Gasteiger partial charge in [-0.05, 0) is 24.6 Å². The highest BCUT2D eigenvalue weighted by Gasteiger charge is 2.21. The van der Waals surface area contributed by atoms with Gasteiger partial charge >= 0.3 is 0 Å². The molecule has 0 spiro atoms. The van der Waals surface area contributed by atoms with Crippen LogP contribution in [0.5, 0.6) is 11.5 Å². The molecule has 1 saturated heterocycles. The van der Waals surface area contributed by atoms with Crippen LogP contribution in [0.25, 0.3) is 0 Å². The molecule has 0 radical (unpaired) electrons.